The molecule has 0 fully saturated rings. The van der Waals surface area contributed by atoms with Crippen LogP contribution in [0.4, 0.5) is 8.78 Å². The third-order valence-corrected chi connectivity index (χ3v) is 2.08. The zero-order valence-electron chi connectivity index (χ0n) is 9.89. The van der Waals surface area contributed by atoms with Gasteiger partial charge in [-0.15, -0.1) is 0 Å². The van der Waals surface area contributed by atoms with E-state index in [0.717, 1.165) is 18.3 Å². The number of hydrogen-bond acceptors (Lipinski definition) is 4. The number of hydrogen-bond donors (Lipinski definition) is 0. The van der Waals surface area contributed by atoms with E-state index in [9.17, 15) is 18.7 Å². The van der Waals surface area contributed by atoms with Crippen molar-refractivity contribution >= 4 is 5.97 Å². The van der Waals surface area contributed by atoms with Crippen LogP contribution in [0, 0.1) is 11.6 Å². The minimum absolute atomic E-state index is 0. The minimum atomic E-state index is -1.37. The molecule has 4 nitrogen and oxygen atoms in total. The number of carbonyl (C=O) groups is 1. The van der Waals surface area contributed by atoms with Crippen molar-refractivity contribution in [3.8, 4) is 11.6 Å². The summed E-state index contributed by atoms with van der Waals surface area (Å²) in [6.07, 6.45) is 1.02. The second-order valence-electron chi connectivity index (χ2n) is 3.35. The van der Waals surface area contributed by atoms with Gasteiger partial charge in [0.25, 0.3) is 0 Å². The Morgan fingerprint density at radius 2 is 1.95 bits per heavy atom. The maximum Gasteiger partial charge on any atom is 1.00 e. The summed E-state index contributed by atoms with van der Waals surface area (Å²) < 4.78 is 30.9. The summed E-state index contributed by atoms with van der Waals surface area (Å²) in [6, 6.07) is 5.27. The van der Waals surface area contributed by atoms with Gasteiger partial charge in [-0.1, -0.05) is 0 Å². The number of carboxylic acids is 1. The van der Waals surface area contributed by atoms with Gasteiger partial charge in [0.2, 0.25) is 5.88 Å². The first-order valence-electron chi connectivity index (χ1n) is 4.86. The van der Waals surface area contributed by atoms with Crippen LogP contribution in [0.15, 0.2) is 36.5 Å². The Hall–Kier alpha value is -1.50. The molecule has 1 heterocycles. The molecule has 0 unspecified atom stereocenters. The molecule has 0 amide bonds. The van der Waals surface area contributed by atoms with Crippen molar-refractivity contribution in [2.45, 2.75) is 0 Å². The number of pyridine rings is 1. The van der Waals surface area contributed by atoms with Crippen molar-refractivity contribution in [2.75, 3.05) is 0 Å². The number of benzene rings is 1. The van der Waals surface area contributed by atoms with Crippen molar-refractivity contribution in [3.05, 3.63) is 53.7 Å². The standard InChI is InChI=1S/C12H7F2NO3.Na/c13-8-2-3-10(9(14)5-8)18-11-4-1-7(6-15-11)12(16)17;/h1-6H,(H,16,17);/q;+1/p-1. The van der Waals surface area contributed by atoms with Crippen molar-refractivity contribution in [2.24, 2.45) is 0 Å². The monoisotopic (exact) mass is 273 g/mol. The molecule has 0 bridgehead atoms. The molecule has 2 rings (SSSR count). The smallest absolute Gasteiger partial charge is 0.545 e. The van der Waals surface area contributed by atoms with E-state index in [0.29, 0.717) is 6.07 Å². The van der Waals surface area contributed by atoms with E-state index in [1.54, 1.807) is 0 Å². The van der Waals surface area contributed by atoms with Crippen molar-refractivity contribution in [3.63, 3.8) is 0 Å². The maximum absolute atomic E-state index is 13.2. The molecule has 0 aliphatic rings. The molecule has 0 aliphatic carbocycles. The van der Waals surface area contributed by atoms with Crippen LogP contribution in [0.5, 0.6) is 11.6 Å². The molecule has 0 saturated heterocycles. The Bertz CT molecular complexity index is 590. The summed E-state index contributed by atoms with van der Waals surface area (Å²) >= 11 is 0. The summed E-state index contributed by atoms with van der Waals surface area (Å²) in [7, 11) is 0. The number of carboxylic acid groups (broad SMARTS) is 1. The van der Waals surface area contributed by atoms with Crippen LogP contribution in [0.2, 0.25) is 0 Å². The Kier molecular flexibility index (Phi) is 5.41. The average Bonchev–Trinajstić information content (AvgIpc) is 2.33. The van der Waals surface area contributed by atoms with Crippen LogP contribution in [-0.2, 0) is 0 Å². The van der Waals surface area contributed by atoms with Crippen molar-refractivity contribution in [1.29, 1.82) is 0 Å². The Balaban J connectivity index is 0.00000180. The van der Waals surface area contributed by atoms with E-state index >= 15 is 0 Å². The zero-order valence-corrected chi connectivity index (χ0v) is 11.9. The maximum atomic E-state index is 13.2. The summed E-state index contributed by atoms with van der Waals surface area (Å²) in [5.41, 5.74) is -0.123. The second-order valence-corrected chi connectivity index (χ2v) is 3.35. The third-order valence-electron chi connectivity index (χ3n) is 2.08. The fraction of sp³-hybridized carbons (Fsp3) is 0. The van der Waals surface area contributed by atoms with Crippen LogP contribution >= 0.6 is 0 Å². The SMILES string of the molecule is O=C([O-])c1ccc(Oc2ccc(F)cc2F)nc1.[Na+]. The summed E-state index contributed by atoms with van der Waals surface area (Å²) in [5, 5.41) is 10.5. The molecule has 2 aromatic rings. The van der Waals surface area contributed by atoms with Gasteiger partial charge in [0.05, 0.1) is 5.97 Å². The summed E-state index contributed by atoms with van der Waals surface area (Å²) in [5.74, 6) is -3.18. The van der Waals surface area contributed by atoms with Gasteiger partial charge in [-0.25, -0.2) is 13.8 Å². The van der Waals surface area contributed by atoms with Gasteiger partial charge >= 0.3 is 29.6 Å². The van der Waals surface area contributed by atoms with E-state index in [4.69, 9.17) is 4.74 Å². The first-order valence-corrected chi connectivity index (χ1v) is 4.86. The normalized spacial score (nSPS) is 9.58. The topological polar surface area (TPSA) is 62.2 Å². The molecule has 0 radical (unpaired) electrons. The second kappa shape index (κ2) is 6.60. The van der Waals surface area contributed by atoms with Crippen LogP contribution in [-0.4, -0.2) is 11.0 Å². The van der Waals surface area contributed by atoms with E-state index < -0.39 is 17.6 Å². The van der Waals surface area contributed by atoms with E-state index in [1.165, 1.54) is 12.1 Å². The Labute approximate surface area is 129 Å². The Morgan fingerprint density at radius 1 is 1.21 bits per heavy atom. The Morgan fingerprint density at radius 3 is 2.47 bits per heavy atom. The number of carbonyl (C=O) groups excluding carboxylic acids is 1. The molecular weight excluding hydrogens is 267 g/mol. The molecule has 0 N–H and O–H groups in total. The van der Waals surface area contributed by atoms with Gasteiger partial charge < -0.3 is 14.6 Å². The minimum Gasteiger partial charge on any atom is -0.545 e. The van der Waals surface area contributed by atoms with Gasteiger partial charge in [0, 0.05) is 23.9 Å². The summed E-state index contributed by atoms with van der Waals surface area (Å²) in [6.45, 7) is 0. The quantitative estimate of drug-likeness (QED) is 0.640. The molecule has 0 spiro atoms. The number of ether oxygens (including phenoxy) is 1. The number of rotatable bonds is 3. The van der Waals surface area contributed by atoms with Gasteiger partial charge in [0.1, 0.15) is 5.82 Å². The van der Waals surface area contributed by atoms with Gasteiger partial charge in [-0.05, 0) is 18.2 Å². The van der Waals surface area contributed by atoms with Crippen LogP contribution in [0.1, 0.15) is 10.4 Å². The predicted octanol–water partition coefficient (Wildman–Crippen LogP) is -1.48. The zero-order chi connectivity index (χ0) is 13.1. The molecule has 0 aliphatic heterocycles. The number of aromatic nitrogens is 1. The van der Waals surface area contributed by atoms with Crippen LogP contribution in [0.25, 0.3) is 0 Å². The molecule has 0 saturated carbocycles. The average molecular weight is 273 g/mol. The fourth-order valence-electron chi connectivity index (χ4n) is 1.23. The van der Waals surface area contributed by atoms with E-state index in [1.807, 2.05) is 0 Å². The van der Waals surface area contributed by atoms with E-state index in [-0.39, 0.29) is 46.8 Å². The molecular formula is C12H6F2NNaO3. The molecule has 19 heavy (non-hydrogen) atoms. The first kappa shape index (κ1) is 15.6. The third kappa shape index (κ3) is 3.99. The number of halogens is 2. The molecule has 92 valence electrons. The fourth-order valence-corrected chi connectivity index (χ4v) is 1.23. The predicted molar refractivity (Wildman–Crippen MR) is 55.0 cm³/mol. The van der Waals surface area contributed by atoms with E-state index in [2.05, 4.69) is 4.98 Å². The van der Waals surface area contributed by atoms with Crippen molar-refractivity contribution in [1.82, 2.24) is 4.98 Å². The van der Waals surface area contributed by atoms with Gasteiger partial charge in [-0.3, -0.25) is 0 Å². The molecule has 1 aromatic heterocycles. The van der Waals surface area contributed by atoms with Gasteiger partial charge in [0.15, 0.2) is 11.6 Å². The first-order chi connectivity index (χ1) is 8.56. The van der Waals surface area contributed by atoms with Crippen LogP contribution < -0.4 is 39.4 Å². The summed E-state index contributed by atoms with van der Waals surface area (Å²) in [4.78, 5) is 14.1. The largest absolute Gasteiger partial charge is 1.00 e. The molecule has 0 atom stereocenters. The number of aromatic carboxylic acids is 1. The van der Waals surface area contributed by atoms with Crippen LogP contribution in [0.3, 0.4) is 0 Å². The molecule has 1 aromatic carbocycles. The number of nitrogens with zero attached hydrogens (tertiary/aromatic N) is 1. The van der Waals surface area contributed by atoms with Crippen molar-refractivity contribution < 1.29 is 53.0 Å². The van der Waals surface area contributed by atoms with Gasteiger partial charge in [-0.2, -0.15) is 0 Å². The molecule has 7 heteroatoms.